The van der Waals surface area contributed by atoms with E-state index in [0.717, 1.165) is 0 Å². The monoisotopic (exact) mass is 290 g/mol. The third-order valence-electron chi connectivity index (χ3n) is 3.13. The van der Waals surface area contributed by atoms with E-state index in [1.165, 1.54) is 11.8 Å². The fraction of sp³-hybridized carbons (Fsp3) is 0.909. The van der Waals surface area contributed by atoms with Crippen molar-refractivity contribution in [3.8, 4) is 0 Å². The third kappa shape index (κ3) is 4.72. The fourth-order valence-electron chi connectivity index (χ4n) is 1.45. The van der Waals surface area contributed by atoms with E-state index >= 15 is 0 Å². The lowest BCUT2D eigenvalue weighted by atomic mass is 10.0. The molecule has 0 radical (unpaired) electrons. The van der Waals surface area contributed by atoms with Gasteiger partial charge in [-0.15, -0.1) is 5.10 Å². The molecule has 7 nitrogen and oxygen atoms in total. The summed E-state index contributed by atoms with van der Waals surface area (Å²) in [7, 11) is 3.14. The van der Waals surface area contributed by atoms with Crippen LogP contribution in [0.25, 0.3) is 0 Å². The summed E-state index contributed by atoms with van der Waals surface area (Å²) in [4.78, 5) is 0. The summed E-state index contributed by atoms with van der Waals surface area (Å²) in [6.07, 6.45) is 1.02. The summed E-state index contributed by atoms with van der Waals surface area (Å²) < 4.78 is 11.9. The molecule has 0 saturated carbocycles. The number of tetrazole rings is 1. The van der Waals surface area contributed by atoms with Crippen molar-refractivity contribution in [2.45, 2.75) is 50.3 Å². The van der Waals surface area contributed by atoms with Gasteiger partial charge < -0.3 is 14.6 Å². The van der Waals surface area contributed by atoms with Crippen LogP contribution >= 0.6 is 11.8 Å². The maximum absolute atomic E-state index is 10.2. The SMILES string of the molecule is CCC(O)(CC)CSc1nnnn1CC(OC)OC. The van der Waals surface area contributed by atoms with E-state index in [-0.39, 0.29) is 6.29 Å². The highest BCUT2D eigenvalue weighted by molar-refractivity contribution is 7.99. The molecule has 0 bridgehead atoms. The molecule has 0 spiro atoms. The minimum atomic E-state index is -0.677. The Morgan fingerprint density at radius 2 is 1.95 bits per heavy atom. The first-order valence-corrected chi connectivity index (χ1v) is 7.24. The molecule has 0 atom stereocenters. The number of hydrogen-bond acceptors (Lipinski definition) is 7. The molecule has 1 heterocycles. The van der Waals surface area contributed by atoms with Crippen molar-refractivity contribution in [2.75, 3.05) is 20.0 Å². The maximum atomic E-state index is 10.2. The number of nitrogens with zero attached hydrogens (tertiary/aromatic N) is 4. The van der Waals surface area contributed by atoms with Gasteiger partial charge in [0.25, 0.3) is 0 Å². The predicted molar refractivity (Wildman–Crippen MR) is 71.9 cm³/mol. The van der Waals surface area contributed by atoms with Gasteiger partial charge in [-0.1, -0.05) is 25.6 Å². The second-order valence-corrected chi connectivity index (χ2v) is 5.21. The number of hydrogen-bond donors (Lipinski definition) is 1. The van der Waals surface area contributed by atoms with Gasteiger partial charge in [0.1, 0.15) is 0 Å². The minimum Gasteiger partial charge on any atom is -0.389 e. The number of aromatic nitrogens is 4. The highest BCUT2D eigenvalue weighted by Gasteiger charge is 2.24. The van der Waals surface area contributed by atoms with Gasteiger partial charge in [-0.05, 0) is 23.3 Å². The van der Waals surface area contributed by atoms with Crippen LogP contribution in [-0.2, 0) is 16.0 Å². The van der Waals surface area contributed by atoms with Gasteiger partial charge in [0.2, 0.25) is 5.16 Å². The van der Waals surface area contributed by atoms with Crippen molar-refractivity contribution >= 4 is 11.8 Å². The Morgan fingerprint density at radius 3 is 2.47 bits per heavy atom. The second-order valence-electron chi connectivity index (χ2n) is 4.26. The normalized spacial score (nSPS) is 12.3. The third-order valence-corrected chi connectivity index (χ3v) is 4.37. The molecule has 0 aliphatic heterocycles. The van der Waals surface area contributed by atoms with Crippen molar-refractivity contribution in [2.24, 2.45) is 0 Å². The summed E-state index contributed by atoms with van der Waals surface area (Å²) in [5, 5.41) is 22.4. The highest BCUT2D eigenvalue weighted by atomic mass is 32.2. The molecule has 0 fully saturated rings. The Labute approximate surface area is 117 Å². The van der Waals surface area contributed by atoms with Crippen LogP contribution in [0.3, 0.4) is 0 Å². The summed E-state index contributed by atoms with van der Waals surface area (Å²) in [5.41, 5.74) is -0.677. The van der Waals surface area contributed by atoms with Crippen LogP contribution in [0, 0.1) is 0 Å². The number of rotatable bonds is 9. The van der Waals surface area contributed by atoms with Crippen molar-refractivity contribution < 1.29 is 14.6 Å². The van der Waals surface area contributed by atoms with E-state index in [9.17, 15) is 5.11 Å². The molecule has 1 rings (SSSR count). The van der Waals surface area contributed by atoms with Gasteiger partial charge in [-0.2, -0.15) is 0 Å². The summed E-state index contributed by atoms with van der Waals surface area (Å²) in [6.45, 7) is 4.36. The molecule has 1 N–H and O–H groups in total. The average molecular weight is 290 g/mol. The predicted octanol–water partition coefficient (Wildman–Crippen LogP) is 0.935. The first kappa shape index (κ1) is 16.4. The summed E-state index contributed by atoms with van der Waals surface area (Å²) >= 11 is 1.44. The Morgan fingerprint density at radius 1 is 1.32 bits per heavy atom. The van der Waals surface area contributed by atoms with E-state index in [1.54, 1.807) is 18.9 Å². The molecule has 1 aromatic heterocycles. The highest BCUT2D eigenvalue weighted by Crippen LogP contribution is 2.25. The van der Waals surface area contributed by atoms with Crippen LogP contribution in [-0.4, -0.2) is 57.2 Å². The maximum Gasteiger partial charge on any atom is 0.209 e. The number of thioether (sulfide) groups is 1. The van der Waals surface area contributed by atoms with Gasteiger partial charge in [0.15, 0.2) is 6.29 Å². The lowest BCUT2D eigenvalue weighted by Gasteiger charge is -2.24. The Hall–Kier alpha value is -0.700. The Balaban J connectivity index is 2.62. The molecule has 8 heteroatoms. The van der Waals surface area contributed by atoms with Gasteiger partial charge in [-0.3, -0.25) is 0 Å². The van der Waals surface area contributed by atoms with Gasteiger partial charge in [0.05, 0.1) is 12.1 Å². The van der Waals surface area contributed by atoms with Gasteiger partial charge in [0, 0.05) is 20.0 Å². The van der Waals surface area contributed by atoms with Crippen molar-refractivity contribution in [3.05, 3.63) is 0 Å². The largest absolute Gasteiger partial charge is 0.389 e. The molecule has 1 aromatic rings. The molecule has 0 saturated heterocycles. The zero-order chi connectivity index (χ0) is 14.3. The summed E-state index contributed by atoms with van der Waals surface area (Å²) in [5.74, 6) is 0.561. The quantitative estimate of drug-likeness (QED) is 0.535. The Bertz CT molecular complexity index is 367. The van der Waals surface area contributed by atoms with Crippen molar-refractivity contribution in [1.29, 1.82) is 0 Å². The first-order chi connectivity index (χ1) is 9.08. The Kier molecular flexibility index (Phi) is 6.70. The van der Waals surface area contributed by atoms with E-state index in [2.05, 4.69) is 15.5 Å². The molecule has 110 valence electrons. The molecule has 0 amide bonds. The molecule has 0 unspecified atom stereocenters. The first-order valence-electron chi connectivity index (χ1n) is 6.25. The minimum absolute atomic E-state index is 0.390. The van der Waals surface area contributed by atoms with Crippen molar-refractivity contribution in [3.63, 3.8) is 0 Å². The molecule has 0 aliphatic rings. The lowest BCUT2D eigenvalue weighted by Crippen LogP contribution is -2.30. The molecule has 0 aliphatic carbocycles. The average Bonchev–Trinajstić information content (AvgIpc) is 2.89. The van der Waals surface area contributed by atoms with Crippen LogP contribution < -0.4 is 0 Å². The number of methoxy groups -OCH3 is 2. The standard InChI is InChI=1S/C11H22N4O3S/c1-5-11(16,6-2)8-19-10-12-13-14-15(10)7-9(17-3)18-4/h9,16H,5-8H2,1-4H3. The van der Waals surface area contributed by atoms with E-state index < -0.39 is 5.60 Å². The van der Waals surface area contributed by atoms with Crippen LogP contribution in [0.4, 0.5) is 0 Å². The molecular weight excluding hydrogens is 268 g/mol. The van der Waals surface area contributed by atoms with Gasteiger partial charge in [-0.25, -0.2) is 4.68 Å². The smallest absolute Gasteiger partial charge is 0.209 e. The van der Waals surface area contributed by atoms with Crippen LogP contribution in [0.15, 0.2) is 5.16 Å². The van der Waals surface area contributed by atoms with E-state index in [0.29, 0.717) is 30.3 Å². The van der Waals surface area contributed by atoms with E-state index in [4.69, 9.17) is 9.47 Å². The van der Waals surface area contributed by atoms with E-state index in [1.807, 2.05) is 13.8 Å². The zero-order valence-electron chi connectivity index (χ0n) is 11.9. The van der Waals surface area contributed by atoms with Crippen LogP contribution in [0.2, 0.25) is 0 Å². The molecule has 19 heavy (non-hydrogen) atoms. The topological polar surface area (TPSA) is 82.3 Å². The molecular formula is C11H22N4O3S. The number of ether oxygens (including phenoxy) is 2. The summed E-state index contributed by atoms with van der Waals surface area (Å²) in [6, 6.07) is 0. The molecule has 0 aromatic carbocycles. The fourth-order valence-corrected chi connectivity index (χ4v) is 2.61. The van der Waals surface area contributed by atoms with Crippen molar-refractivity contribution in [1.82, 2.24) is 20.2 Å². The van der Waals surface area contributed by atoms with Gasteiger partial charge >= 0.3 is 0 Å². The second kappa shape index (κ2) is 7.78. The van der Waals surface area contributed by atoms with Crippen LogP contribution in [0.5, 0.6) is 0 Å². The van der Waals surface area contributed by atoms with Crippen LogP contribution in [0.1, 0.15) is 26.7 Å². The lowest BCUT2D eigenvalue weighted by molar-refractivity contribution is -0.113. The number of aliphatic hydroxyl groups is 1. The zero-order valence-corrected chi connectivity index (χ0v) is 12.7.